The molecular formula is C27H26F2N4O4. The highest BCUT2D eigenvalue weighted by Gasteiger charge is 2.33. The van der Waals surface area contributed by atoms with Gasteiger partial charge >= 0.3 is 6.61 Å². The molecule has 1 amide bonds. The van der Waals surface area contributed by atoms with E-state index in [9.17, 15) is 18.4 Å². The monoisotopic (exact) mass is 508 g/mol. The third-order valence-electron chi connectivity index (χ3n) is 6.15. The second-order valence-corrected chi connectivity index (χ2v) is 8.41. The van der Waals surface area contributed by atoms with Crippen LogP contribution in [-0.2, 0) is 4.79 Å². The summed E-state index contributed by atoms with van der Waals surface area (Å²) in [6.45, 7) is -1.06. The van der Waals surface area contributed by atoms with E-state index in [0.717, 1.165) is 0 Å². The van der Waals surface area contributed by atoms with E-state index in [-0.39, 0.29) is 35.5 Å². The average Bonchev–Trinajstić information content (AvgIpc) is 2.92. The highest BCUT2D eigenvalue weighted by atomic mass is 19.3. The number of ether oxygens (including phenoxy) is 2. The first-order valence-electron chi connectivity index (χ1n) is 11.7. The number of rotatable bonds is 9. The van der Waals surface area contributed by atoms with Gasteiger partial charge in [0.15, 0.2) is 17.3 Å². The topological polar surface area (TPSA) is 107 Å². The Kier molecular flexibility index (Phi) is 7.88. The lowest BCUT2D eigenvalue weighted by atomic mass is 9.89. The molecule has 2 atom stereocenters. The molecule has 10 heteroatoms. The lowest BCUT2D eigenvalue weighted by molar-refractivity contribution is -0.135. The van der Waals surface area contributed by atoms with Gasteiger partial charge in [-0.1, -0.05) is 31.2 Å². The number of methoxy groups -OCH3 is 1. The van der Waals surface area contributed by atoms with Crippen LogP contribution in [0.4, 0.5) is 8.78 Å². The number of aromatic nitrogens is 1. The smallest absolute Gasteiger partial charge is 0.387 e. The molecule has 2 unspecified atom stereocenters. The van der Waals surface area contributed by atoms with Gasteiger partial charge < -0.3 is 15.2 Å². The molecule has 0 saturated heterocycles. The van der Waals surface area contributed by atoms with E-state index in [2.05, 4.69) is 14.8 Å². The number of nitrogens with two attached hydrogens (primary N) is 1. The van der Waals surface area contributed by atoms with Crippen LogP contribution in [0.5, 0.6) is 11.5 Å². The van der Waals surface area contributed by atoms with Gasteiger partial charge in [-0.25, -0.2) is 5.01 Å². The van der Waals surface area contributed by atoms with Crippen molar-refractivity contribution in [1.29, 1.82) is 0 Å². The fourth-order valence-electron chi connectivity index (χ4n) is 4.16. The Labute approximate surface area is 212 Å². The van der Waals surface area contributed by atoms with Crippen molar-refractivity contribution in [1.82, 2.24) is 9.99 Å². The summed E-state index contributed by atoms with van der Waals surface area (Å²) in [7, 11) is 1.35. The summed E-state index contributed by atoms with van der Waals surface area (Å²) in [6, 6.07) is 14.6. The van der Waals surface area contributed by atoms with Crippen molar-refractivity contribution in [3.05, 3.63) is 89.2 Å². The summed E-state index contributed by atoms with van der Waals surface area (Å²) in [6.07, 6.45) is 3.00. The number of benzene rings is 2. The van der Waals surface area contributed by atoms with Crippen LogP contribution < -0.4 is 15.2 Å². The van der Waals surface area contributed by atoms with Gasteiger partial charge in [0.25, 0.3) is 0 Å². The zero-order chi connectivity index (χ0) is 26.5. The minimum atomic E-state index is -2.99. The maximum Gasteiger partial charge on any atom is 0.387 e. The number of halogens is 2. The van der Waals surface area contributed by atoms with Crippen molar-refractivity contribution in [3.8, 4) is 11.5 Å². The zero-order valence-corrected chi connectivity index (χ0v) is 20.3. The summed E-state index contributed by atoms with van der Waals surface area (Å²) < 4.78 is 35.2. The molecule has 1 aliphatic rings. The molecule has 8 nitrogen and oxygen atoms in total. The molecule has 1 aromatic heterocycles. The predicted octanol–water partition coefficient (Wildman–Crippen LogP) is 4.54. The number of carbonyl (C=O) groups excluding carboxylic acids is 2. The van der Waals surface area contributed by atoms with Crippen LogP contribution in [0, 0.1) is 5.92 Å². The molecule has 2 aromatic carbocycles. The molecule has 3 aromatic rings. The fourth-order valence-corrected chi connectivity index (χ4v) is 4.16. The van der Waals surface area contributed by atoms with Crippen LogP contribution in [-0.4, -0.2) is 41.1 Å². The number of alkyl halides is 2. The van der Waals surface area contributed by atoms with Crippen molar-refractivity contribution in [2.24, 2.45) is 16.8 Å². The van der Waals surface area contributed by atoms with E-state index < -0.39 is 12.8 Å². The molecule has 1 aliphatic heterocycles. The number of pyridine rings is 1. The van der Waals surface area contributed by atoms with Gasteiger partial charge in [-0.3, -0.25) is 14.6 Å². The quantitative estimate of drug-likeness (QED) is 0.425. The highest BCUT2D eigenvalue weighted by molar-refractivity contribution is 6.09. The van der Waals surface area contributed by atoms with Gasteiger partial charge in [-0.05, 0) is 42.3 Å². The highest BCUT2D eigenvalue weighted by Crippen LogP contribution is 2.33. The Morgan fingerprint density at radius 2 is 1.89 bits per heavy atom. The van der Waals surface area contributed by atoms with Crippen LogP contribution in [0.15, 0.2) is 72.1 Å². The standard InChI is InChI=1S/C27H26F2N4O4/c1-3-16-14-23(34)33(32-24(16)19-10-11-21(37-27(28)29)22(13-19)36-2)26(30)18-8-6-17(7-9-18)25(35)20-5-4-12-31-15-20/h4-13,15-16,26-27H,3,14,30H2,1-2H3. The lowest BCUT2D eigenvalue weighted by Gasteiger charge is -2.33. The Hall–Kier alpha value is -4.18. The van der Waals surface area contributed by atoms with Gasteiger partial charge in [-0.15, -0.1) is 0 Å². The van der Waals surface area contributed by atoms with Crippen molar-refractivity contribution in [2.45, 2.75) is 32.5 Å². The van der Waals surface area contributed by atoms with Gasteiger partial charge in [0.05, 0.1) is 12.8 Å². The summed E-state index contributed by atoms with van der Waals surface area (Å²) in [5, 5.41) is 5.81. The molecule has 4 rings (SSSR count). The van der Waals surface area contributed by atoms with E-state index in [1.807, 2.05) is 6.92 Å². The molecule has 0 spiro atoms. The van der Waals surface area contributed by atoms with Crippen LogP contribution in [0.3, 0.4) is 0 Å². The van der Waals surface area contributed by atoms with Gasteiger partial charge in [-0.2, -0.15) is 13.9 Å². The van der Waals surface area contributed by atoms with E-state index in [1.54, 1.807) is 54.7 Å². The van der Waals surface area contributed by atoms with Crippen molar-refractivity contribution in [3.63, 3.8) is 0 Å². The average molecular weight is 509 g/mol. The summed E-state index contributed by atoms with van der Waals surface area (Å²) >= 11 is 0. The van der Waals surface area contributed by atoms with Crippen LogP contribution in [0.2, 0.25) is 0 Å². The van der Waals surface area contributed by atoms with Crippen molar-refractivity contribution in [2.75, 3.05) is 7.11 Å². The third-order valence-corrected chi connectivity index (χ3v) is 6.15. The number of nitrogens with zero attached hydrogens (tertiary/aromatic N) is 3. The first-order chi connectivity index (χ1) is 17.8. The predicted molar refractivity (Wildman–Crippen MR) is 132 cm³/mol. The number of hydrogen-bond donors (Lipinski definition) is 1. The van der Waals surface area contributed by atoms with E-state index in [4.69, 9.17) is 10.5 Å². The number of hydrogen-bond acceptors (Lipinski definition) is 7. The van der Waals surface area contributed by atoms with Gasteiger partial charge in [0.1, 0.15) is 6.17 Å². The zero-order valence-electron chi connectivity index (χ0n) is 20.3. The number of ketones is 1. The largest absolute Gasteiger partial charge is 0.493 e. The molecule has 0 radical (unpaired) electrons. The maximum absolute atomic E-state index is 13.0. The van der Waals surface area contributed by atoms with Crippen molar-refractivity contribution >= 4 is 17.4 Å². The van der Waals surface area contributed by atoms with E-state index >= 15 is 0 Å². The van der Waals surface area contributed by atoms with Crippen molar-refractivity contribution < 1.29 is 27.8 Å². The van der Waals surface area contributed by atoms with E-state index in [1.165, 1.54) is 24.4 Å². The minimum absolute atomic E-state index is 0.101. The Balaban J connectivity index is 1.62. The SMILES string of the molecule is CCC1CC(=O)N(C(N)c2ccc(C(=O)c3cccnc3)cc2)N=C1c1ccc(OC(F)F)c(OC)c1. The summed E-state index contributed by atoms with van der Waals surface area (Å²) in [5.74, 6) is -0.597. The van der Waals surface area contributed by atoms with Crippen LogP contribution in [0.1, 0.15) is 53.0 Å². The molecule has 2 heterocycles. The first-order valence-corrected chi connectivity index (χ1v) is 11.7. The second-order valence-electron chi connectivity index (χ2n) is 8.41. The fraction of sp³-hybridized carbons (Fsp3) is 0.259. The first kappa shape index (κ1) is 25.9. The van der Waals surface area contributed by atoms with Crippen LogP contribution in [0.25, 0.3) is 0 Å². The number of hydrazone groups is 1. The molecule has 0 fully saturated rings. The Morgan fingerprint density at radius 1 is 1.14 bits per heavy atom. The van der Waals surface area contributed by atoms with E-state index in [0.29, 0.717) is 34.4 Å². The Morgan fingerprint density at radius 3 is 2.51 bits per heavy atom. The summed E-state index contributed by atoms with van der Waals surface area (Å²) in [4.78, 5) is 29.6. The second kappa shape index (κ2) is 11.3. The van der Waals surface area contributed by atoms with Gasteiger partial charge in [0.2, 0.25) is 5.91 Å². The molecule has 37 heavy (non-hydrogen) atoms. The lowest BCUT2D eigenvalue weighted by Crippen LogP contribution is -2.42. The summed E-state index contributed by atoms with van der Waals surface area (Å²) in [5.41, 5.74) is 9.14. The molecule has 0 saturated carbocycles. The molecular weight excluding hydrogens is 482 g/mol. The molecule has 0 aliphatic carbocycles. The maximum atomic E-state index is 13.0. The number of amides is 1. The molecule has 2 N–H and O–H groups in total. The third kappa shape index (κ3) is 5.64. The minimum Gasteiger partial charge on any atom is -0.493 e. The molecule has 0 bridgehead atoms. The normalized spacial score (nSPS) is 16.4. The number of carbonyl (C=O) groups is 2. The van der Waals surface area contributed by atoms with Gasteiger partial charge in [0, 0.05) is 41.4 Å². The van der Waals surface area contributed by atoms with Crippen LogP contribution >= 0.6 is 0 Å². The Bertz CT molecular complexity index is 1300. The molecule has 192 valence electrons.